The van der Waals surface area contributed by atoms with E-state index in [1.165, 1.54) is 12.1 Å². The van der Waals surface area contributed by atoms with E-state index >= 15 is 0 Å². The predicted octanol–water partition coefficient (Wildman–Crippen LogP) is 6.52. The quantitative estimate of drug-likeness (QED) is 0.390. The molecule has 4 rings (SSSR count). The second-order valence-corrected chi connectivity index (χ2v) is 10.1. The number of hydrogen-bond acceptors (Lipinski definition) is 5. The number of hydrogen-bond donors (Lipinski definition) is 2. The lowest BCUT2D eigenvalue weighted by Crippen LogP contribution is -2.36. The SMILES string of the molecule is CC(C)C(=O)c1cnc2ccc(-c3cc(F)c(O)c(Cl)c3)cc2c1N[C@H]1CC[C@H](N(C)C)CC1. The third kappa shape index (κ3) is 4.89. The van der Waals surface area contributed by atoms with Gasteiger partial charge in [-0.25, -0.2) is 4.39 Å². The Balaban J connectivity index is 1.79. The van der Waals surface area contributed by atoms with E-state index < -0.39 is 11.6 Å². The van der Waals surface area contributed by atoms with Crippen molar-refractivity contribution in [3.63, 3.8) is 0 Å². The molecule has 1 fully saturated rings. The number of ketones is 1. The van der Waals surface area contributed by atoms with E-state index in [9.17, 15) is 14.3 Å². The van der Waals surface area contributed by atoms with Gasteiger partial charge in [-0.3, -0.25) is 9.78 Å². The molecule has 1 aromatic heterocycles. The molecule has 1 saturated carbocycles. The number of aromatic nitrogens is 1. The van der Waals surface area contributed by atoms with Gasteiger partial charge in [-0.05, 0) is 75.2 Å². The van der Waals surface area contributed by atoms with Crippen LogP contribution in [-0.4, -0.2) is 47.0 Å². The van der Waals surface area contributed by atoms with Crippen molar-refractivity contribution in [3.8, 4) is 16.9 Å². The maximum atomic E-state index is 14.2. The van der Waals surface area contributed by atoms with Crippen molar-refractivity contribution in [2.75, 3.05) is 19.4 Å². The van der Waals surface area contributed by atoms with E-state index in [2.05, 4.69) is 29.3 Å². The Morgan fingerprint density at radius 1 is 1.15 bits per heavy atom. The fourth-order valence-electron chi connectivity index (χ4n) is 4.70. The van der Waals surface area contributed by atoms with Gasteiger partial charge in [0.2, 0.25) is 0 Å². The Labute approximate surface area is 204 Å². The van der Waals surface area contributed by atoms with Crippen LogP contribution in [0, 0.1) is 11.7 Å². The molecule has 180 valence electrons. The summed E-state index contributed by atoms with van der Waals surface area (Å²) in [6, 6.07) is 9.24. The predicted molar refractivity (Wildman–Crippen MR) is 136 cm³/mol. The monoisotopic (exact) mass is 483 g/mol. The maximum absolute atomic E-state index is 14.2. The van der Waals surface area contributed by atoms with Crippen molar-refractivity contribution in [3.05, 3.63) is 52.9 Å². The number of phenols is 1. The Hall–Kier alpha value is -2.70. The number of anilines is 1. The van der Waals surface area contributed by atoms with E-state index in [4.69, 9.17) is 11.6 Å². The largest absolute Gasteiger partial charge is 0.504 e. The number of rotatable bonds is 6. The highest BCUT2D eigenvalue weighted by molar-refractivity contribution is 6.32. The first-order valence-corrected chi connectivity index (χ1v) is 12.1. The third-order valence-corrected chi connectivity index (χ3v) is 7.07. The summed E-state index contributed by atoms with van der Waals surface area (Å²) < 4.78 is 14.2. The molecular formula is C27H31ClFN3O2. The van der Waals surface area contributed by atoms with Gasteiger partial charge in [0.1, 0.15) is 0 Å². The van der Waals surface area contributed by atoms with Gasteiger partial charge in [0.25, 0.3) is 0 Å². The van der Waals surface area contributed by atoms with Crippen LogP contribution in [0.3, 0.4) is 0 Å². The summed E-state index contributed by atoms with van der Waals surface area (Å²) in [5, 5.41) is 14.1. The molecule has 0 spiro atoms. The van der Waals surface area contributed by atoms with E-state index in [0.717, 1.165) is 47.8 Å². The molecule has 1 heterocycles. The zero-order valence-corrected chi connectivity index (χ0v) is 20.8. The van der Waals surface area contributed by atoms with Crippen LogP contribution >= 0.6 is 11.6 Å². The molecule has 7 heteroatoms. The number of nitrogens with one attached hydrogen (secondary N) is 1. The fraction of sp³-hybridized carbons (Fsp3) is 0.407. The standard InChI is InChI=1S/C27H31ClFN3O2/c1-15(2)26(33)21-14-30-24-10-5-16(17-12-22(28)27(34)23(29)13-17)11-20(24)25(21)31-18-6-8-19(9-7-18)32(3)4/h5,10-15,18-19,34H,6-9H2,1-4H3,(H,30,31)/t18-,19-. The molecule has 34 heavy (non-hydrogen) atoms. The first kappa shape index (κ1) is 24.4. The topological polar surface area (TPSA) is 65.5 Å². The number of aromatic hydroxyl groups is 1. The van der Waals surface area contributed by atoms with Crippen LogP contribution in [0.25, 0.3) is 22.0 Å². The van der Waals surface area contributed by atoms with Crippen LogP contribution < -0.4 is 5.32 Å². The summed E-state index contributed by atoms with van der Waals surface area (Å²) in [7, 11) is 4.24. The Morgan fingerprint density at radius 3 is 2.47 bits per heavy atom. The van der Waals surface area contributed by atoms with Crippen LogP contribution in [0.4, 0.5) is 10.1 Å². The second kappa shape index (κ2) is 9.88. The summed E-state index contributed by atoms with van der Waals surface area (Å²) in [4.78, 5) is 19.9. The van der Waals surface area contributed by atoms with Gasteiger partial charge in [0.15, 0.2) is 17.3 Å². The molecule has 2 N–H and O–H groups in total. The van der Waals surface area contributed by atoms with E-state index in [0.29, 0.717) is 17.2 Å². The molecule has 0 aliphatic heterocycles. The number of fused-ring (bicyclic) bond motifs is 1. The van der Waals surface area contributed by atoms with Gasteiger partial charge in [-0.15, -0.1) is 0 Å². The average molecular weight is 484 g/mol. The molecule has 0 saturated heterocycles. The zero-order chi connectivity index (χ0) is 24.6. The molecule has 1 aliphatic carbocycles. The molecule has 0 atom stereocenters. The fourth-order valence-corrected chi connectivity index (χ4v) is 4.91. The summed E-state index contributed by atoms with van der Waals surface area (Å²) in [5.41, 5.74) is 3.37. The summed E-state index contributed by atoms with van der Waals surface area (Å²) in [6.07, 6.45) is 5.88. The smallest absolute Gasteiger partial charge is 0.170 e. The van der Waals surface area contributed by atoms with Crippen LogP contribution in [0.15, 0.2) is 36.5 Å². The lowest BCUT2D eigenvalue weighted by atomic mass is 9.89. The van der Waals surface area contributed by atoms with Gasteiger partial charge in [0.05, 0.1) is 21.8 Å². The first-order valence-electron chi connectivity index (χ1n) is 11.7. The van der Waals surface area contributed by atoms with Crippen molar-refractivity contribution in [2.45, 2.75) is 51.6 Å². The minimum absolute atomic E-state index is 0.0306. The molecular weight excluding hydrogens is 453 g/mol. The van der Waals surface area contributed by atoms with Crippen molar-refractivity contribution in [1.82, 2.24) is 9.88 Å². The minimum Gasteiger partial charge on any atom is -0.504 e. The lowest BCUT2D eigenvalue weighted by molar-refractivity contribution is 0.0940. The van der Waals surface area contributed by atoms with Gasteiger partial charge < -0.3 is 15.3 Å². The Morgan fingerprint density at radius 2 is 1.85 bits per heavy atom. The normalized spacial score (nSPS) is 18.6. The van der Waals surface area contributed by atoms with Crippen molar-refractivity contribution >= 4 is 34.0 Å². The molecule has 3 aromatic rings. The Kier molecular flexibility index (Phi) is 7.10. The number of nitrogens with zero attached hydrogens (tertiary/aromatic N) is 2. The molecule has 0 amide bonds. The minimum atomic E-state index is -0.777. The number of pyridine rings is 1. The summed E-state index contributed by atoms with van der Waals surface area (Å²) in [6.45, 7) is 3.77. The van der Waals surface area contributed by atoms with Crippen molar-refractivity contribution < 1.29 is 14.3 Å². The highest BCUT2D eigenvalue weighted by Crippen LogP contribution is 2.37. The number of Topliss-reactive ketones (excluding diaryl/α,β-unsaturated/α-hetero) is 1. The van der Waals surface area contributed by atoms with E-state index in [1.807, 2.05) is 32.0 Å². The Bertz CT molecular complexity index is 1200. The number of phenolic OH excluding ortho intramolecular Hbond substituents is 1. The number of carbonyl (C=O) groups is 1. The molecule has 5 nitrogen and oxygen atoms in total. The molecule has 0 radical (unpaired) electrons. The molecule has 1 aliphatic rings. The van der Waals surface area contributed by atoms with Gasteiger partial charge >= 0.3 is 0 Å². The van der Waals surface area contributed by atoms with Gasteiger partial charge in [-0.1, -0.05) is 31.5 Å². The van der Waals surface area contributed by atoms with Crippen LogP contribution in [0.5, 0.6) is 5.75 Å². The second-order valence-electron chi connectivity index (χ2n) is 9.70. The average Bonchev–Trinajstić information content (AvgIpc) is 2.82. The maximum Gasteiger partial charge on any atom is 0.170 e. The van der Waals surface area contributed by atoms with Gasteiger partial charge in [-0.2, -0.15) is 0 Å². The molecule has 0 unspecified atom stereocenters. The lowest BCUT2D eigenvalue weighted by Gasteiger charge is -2.34. The first-order chi connectivity index (χ1) is 16.2. The number of carbonyl (C=O) groups excluding carboxylic acids is 1. The molecule has 2 aromatic carbocycles. The number of benzene rings is 2. The van der Waals surface area contributed by atoms with E-state index in [1.54, 1.807) is 6.20 Å². The zero-order valence-electron chi connectivity index (χ0n) is 20.0. The highest BCUT2D eigenvalue weighted by atomic mass is 35.5. The van der Waals surface area contributed by atoms with Crippen LogP contribution in [0.2, 0.25) is 5.02 Å². The van der Waals surface area contributed by atoms with Crippen LogP contribution in [0.1, 0.15) is 49.9 Å². The van der Waals surface area contributed by atoms with Crippen molar-refractivity contribution in [2.24, 2.45) is 5.92 Å². The third-order valence-electron chi connectivity index (χ3n) is 6.78. The number of halogens is 2. The summed E-state index contributed by atoms with van der Waals surface area (Å²) >= 11 is 6.02. The van der Waals surface area contributed by atoms with Crippen molar-refractivity contribution in [1.29, 1.82) is 0 Å². The summed E-state index contributed by atoms with van der Waals surface area (Å²) in [5.74, 6) is -1.48. The van der Waals surface area contributed by atoms with Crippen LogP contribution in [-0.2, 0) is 0 Å². The van der Waals surface area contributed by atoms with E-state index in [-0.39, 0.29) is 22.8 Å². The molecule has 0 bridgehead atoms. The highest BCUT2D eigenvalue weighted by Gasteiger charge is 2.25. The van der Waals surface area contributed by atoms with Gasteiger partial charge in [0, 0.05) is 29.6 Å².